The van der Waals surface area contributed by atoms with Gasteiger partial charge < -0.3 is 20.1 Å². The van der Waals surface area contributed by atoms with E-state index in [0.717, 1.165) is 12.8 Å². The zero-order valence-corrected chi connectivity index (χ0v) is 17.6. The summed E-state index contributed by atoms with van der Waals surface area (Å²) >= 11 is 0. The Labute approximate surface area is 171 Å². The molecule has 3 heterocycles. The number of carbonyl (C=O) groups is 3. The molecule has 2 N–H and O–H groups in total. The maximum absolute atomic E-state index is 12.6. The van der Waals surface area contributed by atoms with Crippen LogP contribution in [-0.2, 0) is 19.1 Å². The normalized spacial score (nSPS) is 26.4. The lowest BCUT2D eigenvalue weighted by Crippen LogP contribution is -2.54. The SMILES string of the molecule is CC1CN(C(=O)C(C)(C)C)CCC12CCC(C(=O)Nc1cccnc1)O2.O=CO. The van der Waals surface area contributed by atoms with Crippen molar-refractivity contribution in [2.24, 2.45) is 11.3 Å². The van der Waals surface area contributed by atoms with Crippen LogP contribution in [0.25, 0.3) is 0 Å². The molecule has 0 aliphatic carbocycles. The van der Waals surface area contributed by atoms with Gasteiger partial charge in [-0.25, -0.2) is 0 Å². The molecule has 1 aromatic heterocycles. The second kappa shape index (κ2) is 9.35. The summed E-state index contributed by atoms with van der Waals surface area (Å²) in [6.07, 6.45) is 5.21. The summed E-state index contributed by atoms with van der Waals surface area (Å²) in [5.74, 6) is 0.275. The van der Waals surface area contributed by atoms with E-state index in [9.17, 15) is 9.59 Å². The van der Waals surface area contributed by atoms with E-state index < -0.39 is 6.10 Å². The maximum atomic E-state index is 12.6. The first-order valence-corrected chi connectivity index (χ1v) is 9.89. The van der Waals surface area contributed by atoms with Gasteiger partial charge in [0.2, 0.25) is 5.91 Å². The quantitative estimate of drug-likeness (QED) is 0.732. The average molecular weight is 405 g/mol. The van der Waals surface area contributed by atoms with Crippen molar-refractivity contribution >= 4 is 24.0 Å². The van der Waals surface area contributed by atoms with Crippen molar-refractivity contribution in [3.05, 3.63) is 24.5 Å². The molecule has 2 fully saturated rings. The monoisotopic (exact) mass is 405 g/mol. The van der Waals surface area contributed by atoms with Crippen molar-refractivity contribution in [2.75, 3.05) is 18.4 Å². The number of carboxylic acid groups (broad SMARTS) is 1. The Hall–Kier alpha value is -2.48. The predicted molar refractivity (Wildman–Crippen MR) is 108 cm³/mol. The maximum Gasteiger partial charge on any atom is 0.290 e. The highest BCUT2D eigenvalue weighted by atomic mass is 16.5. The van der Waals surface area contributed by atoms with Crippen molar-refractivity contribution in [1.82, 2.24) is 9.88 Å². The molecule has 29 heavy (non-hydrogen) atoms. The Bertz CT molecular complexity index is 719. The number of carbonyl (C=O) groups excluding carboxylic acids is 2. The van der Waals surface area contributed by atoms with Crippen LogP contribution in [0.15, 0.2) is 24.5 Å². The number of amides is 2. The summed E-state index contributed by atoms with van der Waals surface area (Å²) in [4.78, 5) is 39.4. The van der Waals surface area contributed by atoms with E-state index in [1.807, 2.05) is 31.7 Å². The first kappa shape index (κ1) is 22.8. The molecule has 0 bridgehead atoms. The molecule has 2 saturated heterocycles. The number of nitrogens with one attached hydrogen (secondary N) is 1. The van der Waals surface area contributed by atoms with Crippen LogP contribution in [-0.4, -0.2) is 58.1 Å². The minimum atomic E-state index is -0.442. The number of likely N-dealkylation sites (tertiary alicyclic amines) is 1. The molecule has 1 spiro atoms. The van der Waals surface area contributed by atoms with Crippen LogP contribution < -0.4 is 5.32 Å². The van der Waals surface area contributed by atoms with E-state index in [2.05, 4.69) is 17.2 Å². The van der Waals surface area contributed by atoms with Gasteiger partial charge in [0.25, 0.3) is 12.4 Å². The molecule has 2 aliphatic rings. The molecule has 0 aromatic carbocycles. The van der Waals surface area contributed by atoms with Crippen LogP contribution in [0.2, 0.25) is 0 Å². The minimum absolute atomic E-state index is 0.115. The fraction of sp³-hybridized carbons (Fsp3) is 0.619. The molecule has 8 nitrogen and oxygen atoms in total. The van der Waals surface area contributed by atoms with Crippen molar-refractivity contribution in [3.63, 3.8) is 0 Å². The van der Waals surface area contributed by atoms with Crippen LogP contribution in [0.5, 0.6) is 0 Å². The number of pyridine rings is 1. The highest BCUT2D eigenvalue weighted by molar-refractivity contribution is 5.94. The third-order valence-corrected chi connectivity index (χ3v) is 5.55. The van der Waals surface area contributed by atoms with E-state index in [-0.39, 0.29) is 35.2 Å². The molecular weight excluding hydrogens is 374 g/mol. The topological polar surface area (TPSA) is 109 Å². The molecule has 3 unspecified atom stereocenters. The lowest BCUT2D eigenvalue weighted by molar-refractivity contribution is -0.156. The fourth-order valence-electron chi connectivity index (χ4n) is 3.98. The first-order chi connectivity index (χ1) is 13.6. The molecular formula is C21H31N3O5. The lowest BCUT2D eigenvalue weighted by atomic mass is 9.79. The summed E-state index contributed by atoms with van der Waals surface area (Å²) in [7, 11) is 0. The Kier molecular flexibility index (Phi) is 7.35. The number of rotatable bonds is 2. The van der Waals surface area contributed by atoms with E-state index in [4.69, 9.17) is 14.6 Å². The van der Waals surface area contributed by atoms with E-state index in [1.165, 1.54) is 0 Å². The Morgan fingerprint density at radius 1 is 1.38 bits per heavy atom. The molecule has 8 heteroatoms. The summed E-state index contributed by atoms with van der Waals surface area (Å²) in [6, 6.07) is 3.60. The van der Waals surface area contributed by atoms with Crippen LogP contribution >= 0.6 is 0 Å². The molecule has 0 radical (unpaired) electrons. The Morgan fingerprint density at radius 2 is 2.07 bits per heavy atom. The highest BCUT2D eigenvalue weighted by Crippen LogP contribution is 2.43. The second-order valence-corrected chi connectivity index (χ2v) is 8.70. The average Bonchev–Trinajstić information content (AvgIpc) is 3.10. The van der Waals surface area contributed by atoms with E-state index in [1.54, 1.807) is 18.5 Å². The molecule has 3 rings (SSSR count). The highest BCUT2D eigenvalue weighted by Gasteiger charge is 2.50. The summed E-state index contributed by atoms with van der Waals surface area (Å²) in [6.45, 7) is 9.12. The number of ether oxygens (including phenoxy) is 1. The van der Waals surface area contributed by atoms with Gasteiger partial charge in [-0.15, -0.1) is 0 Å². The van der Waals surface area contributed by atoms with Gasteiger partial charge in [-0.05, 0) is 31.4 Å². The molecule has 0 saturated carbocycles. The van der Waals surface area contributed by atoms with Gasteiger partial charge in [0, 0.05) is 30.6 Å². The van der Waals surface area contributed by atoms with E-state index in [0.29, 0.717) is 25.2 Å². The van der Waals surface area contributed by atoms with Crippen molar-refractivity contribution < 1.29 is 24.2 Å². The number of piperidine rings is 1. The van der Waals surface area contributed by atoms with Crippen LogP contribution in [0.3, 0.4) is 0 Å². The lowest BCUT2D eigenvalue weighted by Gasteiger charge is -2.45. The third-order valence-electron chi connectivity index (χ3n) is 5.55. The van der Waals surface area contributed by atoms with Gasteiger partial charge in [-0.1, -0.05) is 27.7 Å². The standard InChI is InChI=1S/C20H29N3O3.CH2O2/c1-14-13-23(18(25)19(2,3)4)11-9-20(14)8-7-16(26-20)17(24)22-15-6-5-10-21-12-15;2-1-3/h5-6,10,12,14,16H,7-9,11,13H2,1-4H3,(H,22,24);1H,(H,2,3). The van der Waals surface area contributed by atoms with Gasteiger partial charge in [0.15, 0.2) is 0 Å². The number of aromatic nitrogens is 1. The number of hydrogen-bond donors (Lipinski definition) is 2. The molecule has 160 valence electrons. The predicted octanol–water partition coefficient (Wildman–Crippen LogP) is 2.55. The summed E-state index contributed by atoms with van der Waals surface area (Å²) < 4.78 is 6.28. The Morgan fingerprint density at radius 3 is 2.62 bits per heavy atom. The molecule has 2 amide bonds. The number of nitrogens with zero attached hydrogens (tertiary/aromatic N) is 2. The van der Waals surface area contributed by atoms with Crippen molar-refractivity contribution in [2.45, 2.75) is 58.7 Å². The van der Waals surface area contributed by atoms with Gasteiger partial charge in [0.1, 0.15) is 6.10 Å². The van der Waals surface area contributed by atoms with Crippen LogP contribution in [0, 0.1) is 11.3 Å². The third kappa shape index (κ3) is 5.53. The zero-order chi connectivity index (χ0) is 21.7. The van der Waals surface area contributed by atoms with Gasteiger partial charge in [-0.3, -0.25) is 19.4 Å². The minimum Gasteiger partial charge on any atom is -0.483 e. The zero-order valence-electron chi connectivity index (χ0n) is 17.6. The molecule has 3 atom stereocenters. The van der Waals surface area contributed by atoms with Crippen LogP contribution in [0.4, 0.5) is 5.69 Å². The van der Waals surface area contributed by atoms with Gasteiger partial charge in [-0.2, -0.15) is 0 Å². The fourth-order valence-corrected chi connectivity index (χ4v) is 3.98. The second-order valence-electron chi connectivity index (χ2n) is 8.70. The smallest absolute Gasteiger partial charge is 0.290 e. The van der Waals surface area contributed by atoms with Crippen molar-refractivity contribution in [1.29, 1.82) is 0 Å². The Balaban J connectivity index is 0.000000941. The number of anilines is 1. The van der Waals surface area contributed by atoms with E-state index >= 15 is 0 Å². The summed E-state index contributed by atoms with van der Waals surface area (Å²) in [5.41, 5.74) is 0.0130. The summed E-state index contributed by atoms with van der Waals surface area (Å²) in [5, 5.41) is 9.77. The number of hydrogen-bond acceptors (Lipinski definition) is 5. The van der Waals surface area contributed by atoms with Crippen LogP contribution in [0.1, 0.15) is 47.0 Å². The van der Waals surface area contributed by atoms with Gasteiger partial charge >= 0.3 is 0 Å². The molecule has 2 aliphatic heterocycles. The van der Waals surface area contributed by atoms with Crippen molar-refractivity contribution in [3.8, 4) is 0 Å². The van der Waals surface area contributed by atoms with Gasteiger partial charge in [0.05, 0.1) is 17.5 Å². The molecule has 1 aromatic rings. The first-order valence-electron chi connectivity index (χ1n) is 9.89. The largest absolute Gasteiger partial charge is 0.483 e.